The van der Waals surface area contributed by atoms with Crippen molar-refractivity contribution in [2.75, 3.05) is 5.32 Å². The fraction of sp³-hybridized carbons (Fsp3) is 0.688. The van der Waals surface area contributed by atoms with E-state index >= 15 is 0 Å². The number of aliphatic hydroxyl groups is 1. The van der Waals surface area contributed by atoms with E-state index in [-0.39, 0.29) is 11.7 Å². The van der Waals surface area contributed by atoms with Gasteiger partial charge in [-0.1, -0.05) is 34.6 Å². The molecule has 134 valence electrons. The van der Waals surface area contributed by atoms with Crippen molar-refractivity contribution < 1.29 is 14.7 Å². The molecule has 0 aromatic carbocycles. The Morgan fingerprint density at radius 2 is 1.83 bits per heavy atom. The number of hydrogen-bond acceptors (Lipinski definition) is 4. The summed E-state index contributed by atoms with van der Waals surface area (Å²) in [6.07, 6.45) is 0.0386. The second kappa shape index (κ2) is 5.77. The summed E-state index contributed by atoms with van der Waals surface area (Å²) in [6, 6.07) is -0.656. The minimum Gasteiger partial charge on any atom is -0.392 e. The molecule has 8 heteroatoms. The number of carbonyl (C=O) groups is 2. The van der Waals surface area contributed by atoms with Crippen molar-refractivity contribution in [2.45, 2.75) is 53.2 Å². The molecule has 0 atom stereocenters. The molecule has 8 nitrogen and oxygen atoms in total. The first-order valence-corrected chi connectivity index (χ1v) is 8.05. The fourth-order valence-corrected chi connectivity index (χ4v) is 4.03. The van der Waals surface area contributed by atoms with Crippen molar-refractivity contribution in [1.29, 1.82) is 0 Å². The van der Waals surface area contributed by atoms with Crippen molar-refractivity contribution in [3.8, 4) is 0 Å². The van der Waals surface area contributed by atoms with Gasteiger partial charge in [0.1, 0.15) is 5.69 Å². The molecule has 5 N–H and O–H groups in total. The van der Waals surface area contributed by atoms with Gasteiger partial charge in [-0.3, -0.25) is 9.48 Å². The summed E-state index contributed by atoms with van der Waals surface area (Å²) in [7, 11) is 1.61. The number of aryl methyl sites for hydroxylation is 2. The normalized spacial score (nSPS) is 24.1. The molecule has 1 heterocycles. The molecular formula is C16H27N5O3. The molecule has 0 radical (unpaired) electrons. The summed E-state index contributed by atoms with van der Waals surface area (Å²) < 4.78 is 1.37. The minimum absolute atomic E-state index is 0.161. The zero-order chi connectivity index (χ0) is 18.4. The van der Waals surface area contributed by atoms with Gasteiger partial charge in [0.15, 0.2) is 0 Å². The summed E-state index contributed by atoms with van der Waals surface area (Å²) in [5.41, 5.74) is 5.61. The number of hydrogen-bond donors (Lipinski definition) is 4. The number of nitrogens with two attached hydrogens (primary N) is 1. The van der Waals surface area contributed by atoms with Crippen LogP contribution in [0.3, 0.4) is 0 Å². The Morgan fingerprint density at radius 1 is 1.29 bits per heavy atom. The highest BCUT2D eigenvalue weighted by atomic mass is 16.3. The molecular weight excluding hydrogens is 310 g/mol. The summed E-state index contributed by atoms with van der Waals surface area (Å²) in [5, 5.41) is 20.1. The summed E-state index contributed by atoms with van der Waals surface area (Å²) in [6.45, 7) is 9.51. The van der Waals surface area contributed by atoms with Gasteiger partial charge in [0.2, 0.25) is 0 Å². The molecule has 1 aliphatic rings. The number of aromatic nitrogens is 2. The smallest absolute Gasteiger partial charge is 0.319 e. The first kappa shape index (κ1) is 18.3. The van der Waals surface area contributed by atoms with E-state index in [0.29, 0.717) is 17.8 Å². The van der Waals surface area contributed by atoms with Gasteiger partial charge < -0.3 is 21.5 Å². The molecule has 3 amide bonds. The van der Waals surface area contributed by atoms with Crippen LogP contribution in [0.4, 0.5) is 10.5 Å². The summed E-state index contributed by atoms with van der Waals surface area (Å²) in [5.74, 6) is -0.653. The Bertz CT molecular complexity index is 661. The number of amides is 3. The highest BCUT2D eigenvalue weighted by Crippen LogP contribution is 2.53. The first-order chi connectivity index (χ1) is 10.9. The van der Waals surface area contributed by atoms with Crippen molar-refractivity contribution in [2.24, 2.45) is 23.6 Å². The van der Waals surface area contributed by atoms with Gasteiger partial charge in [0.05, 0.1) is 17.5 Å². The van der Waals surface area contributed by atoms with E-state index in [0.717, 1.165) is 0 Å². The number of rotatable bonds is 4. The van der Waals surface area contributed by atoms with Gasteiger partial charge in [-0.15, -0.1) is 0 Å². The Morgan fingerprint density at radius 3 is 2.29 bits per heavy atom. The van der Waals surface area contributed by atoms with Crippen molar-refractivity contribution >= 4 is 17.6 Å². The van der Waals surface area contributed by atoms with Crippen molar-refractivity contribution in [1.82, 2.24) is 15.1 Å². The second-order valence-electron chi connectivity index (χ2n) is 7.59. The SMILES string of the molecule is CCc1nn(C)c(C(N)=O)c1NC(=O)NC1C(C)(C)C(O)C1(C)C. The van der Waals surface area contributed by atoms with Gasteiger partial charge in [-0.2, -0.15) is 5.10 Å². The number of anilines is 1. The van der Waals surface area contributed by atoms with E-state index < -0.39 is 28.9 Å². The lowest BCUT2D eigenvalue weighted by atomic mass is 9.49. The maximum atomic E-state index is 12.5. The Labute approximate surface area is 141 Å². The topological polar surface area (TPSA) is 122 Å². The Balaban J connectivity index is 2.21. The first-order valence-electron chi connectivity index (χ1n) is 8.05. The van der Waals surface area contributed by atoms with Gasteiger partial charge in [0.25, 0.3) is 5.91 Å². The lowest BCUT2D eigenvalue weighted by molar-refractivity contribution is -0.178. The lowest BCUT2D eigenvalue weighted by Gasteiger charge is -2.61. The van der Waals surface area contributed by atoms with Crippen LogP contribution in [0.15, 0.2) is 0 Å². The van der Waals surface area contributed by atoms with Crippen LogP contribution in [0.2, 0.25) is 0 Å². The predicted octanol–water partition coefficient (Wildman–Crippen LogP) is 0.998. The summed E-state index contributed by atoms with van der Waals surface area (Å²) >= 11 is 0. The molecule has 0 aliphatic heterocycles. The summed E-state index contributed by atoms with van der Waals surface area (Å²) in [4.78, 5) is 24.1. The largest absolute Gasteiger partial charge is 0.392 e. The molecule has 1 aromatic rings. The molecule has 24 heavy (non-hydrogen) atoms. The molecule has 0 unspecified atom stereocenters. The van der Waals surface area contributed by atoms with E-state index in [4.69, 9.17) is 5.73 Å². The van der Waals surface area contributed by atoms with Crippen LogP contribution in [-0.2, 0) is 13.5 Å². The molecule has 1 fully saturated rings. The number of carbonyl (C=O) groups excluding carboxylic acids is 2. The van der Waals surface area contributed by atoms with Crippen LogP contribution < -0.4 is 16.4 Å². The molecule has 1 aliphatic carbocycles. The van der Waals surface area contributed by atoms with Crippen LogP contribution in [-0.4, -0.2) is 39.0 Å². The van der Waals surface area contributed by atoms with Gasteiger partial charge in [-0.25, -0.2) is 4.79 Å². The maximum absolute atomic E-state index is 12.5. The average molecular weight is 337 g/mol. The zero-order valence-electron chi connectivity index (χ0n) is 15.1. The van der Waals surface area contributed by atoms with E-state index in [9.17, 15) is 14.7 Å². The van der Waals surface area contributed by atoms with E-state index in [1.165, 1.54) is 4.68 Å². The highest BCUT2D eigenvalue weighted by molar-refractivity contribution is 6.02. The number of urea groups is 1. The van der Waals surface area contributed by atoms with Crippen LogP contribution in [0.25, 0.3) is 0 Å². The van der Waals surface area contributed by atoms with Crippen LogP contribution >= 0.6 is 0 Å². The zero-order valence-corrected chi connectivity index (χ0v) is 15.1. The van der Waals surface area contributed by atoms with Gasteiger partial charge >= 0.3 is 6.03 Å². The average Bonchev–Trinajstić information content (AvgIpc) is 2.79. The Hall–Kier alpha value is -2.09. The third kappa shape index (κ3) is 2.64. The van der Waals surface area contributed by atoms with Crippen molar-refractivity contribution in [3.63, 3.8) is 0 Å². The van der Waals surface area contributed by atoms with Crippen LogP contribution in [0, 0.1) is 10.8 Å². The molecule has 1 saturated carbocycles. The molecule has 0 bridgehead atoms. The number of nitrogens with zero attached hydrogens (tertiary/aromatic N) is 2. The fourth-order valence-electron chi connectivity index (χ4n) is 4.03. The molecule has 0 spiro atoms. The minimum atomic E-state index is -0.653. The van der Waals surface area contributed by atoms with Crippen molar-refractivity contribution in [3.05, 3.63) is 11.4 Å². The third-order valence-electron chi connectivity index (χ3n) is 5.10. The van der Waals surface area contributed by atoms with E-state index in [1.807, 2.05) is 34.6 Å². The van der Waals surface area contributed by atoms with E-state index in [1.54, 1.807) is 7.05 Å². The number of primary amides is 1. The molecule has 0 saturated heterocycles. The standard InChI is InChI=1S/C16H27N5O3/c1-7-8-9(10(11(17)22)21(6)20-8)18-14(24)19-12-15(2,3)13(23)16(12,4)5/h12-13,23H,7H2,1-6H3,(H2,17,22)(H2,18,19,24). The molecule has 1 aromatic heterocycles. The maximum Gasteiger partial charge on any atom is 0.319 e. The lowest BCUT2D eigenvalue weighted by Crippen LogP contribution is -2.73. The monoisotopic (exact) mass is 337 g/mol. The quantitative estimate of drug-likeness (QED) is 0.654. The third-order valence-corrected chi connectivity index (χ3v) is 5.10. The van der Waals surface area contributed by atoms with E-state index in [2.05, 4.69) is 15.7 Å². The second-order valence-corrected chi connectivity index (χ2v) is 7.59. The number of aliphatic hydroxyl groups excluding tert-OH is 1. The van der Waals surface area contributed by atoms with Gasteiger partial charge in [0, 0.05) is 23.9 Å². The highest BCUT2D eigenvalue weighted by Gasteiger charge is 2.61. The predicted molar refractivity (Wildman–Crippen MR) is 90.6 cm³/mol. The number of nitrogens with one attached hydrogen (secondary N) is 2. The molecule has 2 rings (SSSR count). The Kier molecular flexibility index (Phi) is 4.39. The van der Waals surface area contributed by atoms with Crippen LogP contribution in [0.5, 0.6) is 0 Å². The van der Waals surface area contributed by atoms with Gasteiger partial charge in [-0.05, 0) is 6.42 Å². The van der Waals surface area contributed by atoms with Crippen LogP contribution in [0.1, 0.15) is 50.8 Å².